The molecule has 0 unspecified atom stereocenters. The third kappa shape index (κ3) is 0.812. The van der Waals surface area contributed by atoms with Crippen molar-refractivity contribution in [2.75, 3.05) is 13.3 Å². The molecule has 1 aliphatic heterocycles. The Morgan fingerprint density at radius 2 is 2.33 bits per heavy atom. The van der Waals surface area contributed by atoms with Gasteiger partial charge >= 0.3 is 0 Å². The average molecular weight is 129 g/mol. The zero-order valence-corrected chi connectivity index (χ0v) is 5.72. The zero-order chi connectivity index (χ0) is 7.07. The minimum Gasteiger partial charge on any atom is -0.376 e. The van der Waals surface area contributed by atoms with E-state index in [-0.39, 0.29) is 18.1 Å². The molecule has 0 bridgehead atoms. The summed E-state index contributed by atoms with van der Waals surface area (Å²) in [4.78, 5) is 12.3. The van der Waals surface area contributed by atoms with Crippen LogP contribution in [0.1, 0.15) is 13.8 Å². The molecule has 1 fully saturated rings. The monoisotopic (exact) mass is 129 g/mol. The molecule has 1 saturated heterocycles. The molecule has 0 aromatic rings. The van der Waals surface area contributed by atoms with E-state index >= 15 is 0 Å². The van der Waals surface area contributed by atoms with Crippen LogP contribution >= 0.6 is 0 Å². The van der Waals surface area contributed by atoms with Gasteiger partial charge in [0.15, 0.2) is 0 Å². The van der Waals surface area contributed by atoms with Crippen LogP contribution in [0, 0.1) is 5.41 Å². The fraction of sp³-hybridized carbons (Fsp3) is 0.833. The summed E-state index contributed by atoms with van der Waals surface area (Å²) in [6.45, 7) is 4.30. The summed E-state index contributed by atoms with van der Waals surface area (Å²) in [5, 5.41) is 8.49. The summed E-state index contributed by atoms with van der Waals surface area (Å²) in [5.74, 6) is 0.0463. The molecular formula is C6H11NO2. The fourth-order valence-electron chi connectivity index (χ4n) is 1.07. The van der Waals surface area contributed by atoms with E-state index in [4.69, 9.17) is 5.11 Å². The van der Waals surface area contributed by atoms with Crippen molar-refractivity contribution in [2.45, 2.75) is 13.8 Å². The van der Waals surface area contributed by atoms with E-state index in [0.29, 0.717) is 6.54 Å². The van der Waals surface area contributed by atoms with Gasteiger partial charge in [0.05, 0.1) is 5.41 Å². The average Bonchev–Trinajstić information content (AvgIpc) is 1.82. The second-order valence-electron chi connectivity index (χ2n) is 3.03. The van der Waals surface area contributed by atoms with Gasteiger partial charge in [-0.1, -0.05) is 0 Å². The summed E-state index contributed by atoms with van der Waals surface area (Å²) >= 11 is 0. The van der Waals surface area contributed by atoms with Gasteiger partial charge in [-0.15, -0.1) is 0 Å². The van der Waals surface area contributed by atoms with Crippen LogP contribution in [0.25, 0.3) is 0 Å². The van der Waals surface area contributed by atoms with Gasteiger partial charge in [-0.05, 0) is 13.8 Å². The third-order valence-corrected chi connectivity index (χ3v) is 1.62. The summed E-state index contributed by atoms with van der Waals surface area (Å²) in [6.07, 6.45) is 0. The molecule has 0 radical (unpaired) electrons. The predicted octanol–water partition coefficient (Wildman–Crippen LogP) is -0.195. The van der Waals surface area contributed by atoms with Crippen LogP contribution in [0.15, 0.2) is 0 Å². The van der Waals surface area contributed by atoms with Crippen LogP contribution in [0.2, 0.25) is 0 Å². The van der Waals surface area contributed by atoms with E-state index in [1.54, 1.807) is 0 Å². The number of nitrogens with zero attached hydrogens (tertiary/aromatic N) is 1. The molecule has 0 spiro atoms. The second kappa shape index (κ2) is 1.70. The highest BCUT2D eigenvalue weighted by Gasteiger charge is 2.43. The highest BCUT2D eigenvalue weighted by molar-refractivity contribution is 5.87. The van der Waals surface area contributed by atoms with Crippen molar-refractivity contribution in [3.05, 3.63) is 0 Å². The lowest BCUT2D eigenvalue weighted by atomic mass is 9.84. The van der Waals surface area contributed by atoms with Gasteiger partial charge in [-0.25, -0.2) is 0 Å². The Morgan fingerprint density at radius 1 is 1.78 bits per heavy atom. The lowest BCUT2D eigenvalue weighted by Crippen LogP contribution is -2.58. The number of rotatable bonds is 1. The van der Waals surface area contributed by atoms with Gasteiger partial charge in [0, 0.05) is 6.54 Å². The number of carbonyl (C=O) groups is 1. The molecule has 1 heterocycles. The summed E-state index contributed by atoms with van der Waals surface area (Å²) in [5.41, 5.74) is -0.220. The lowest BCUT2D eigenvalue weighted by Gasteiger charge is -2.43. The molecule has 0 aromatic carbocycles. The van der Waals surface area contributed by atoms with Crippen molar-refractivity contribution in [3.63, 3.8) is 0 Å². The highest BCUT2D eigenvalue weighted by Crippen LogP contribution is 2.29. The number of carbonyl (C=O) groups excluding carboxylic acids is 1. The minimum atomic E-state index is -0.220. The highest BCUT2D eigenvalue weighted by atomic mass is 16.3. The Labute approximate surface area is 54.3 Å². The molecule has 0 saturated carbocycles. The first kappa shape index (κ1) is 6.55. The molecule has 1 N–H and O–H groups in total. The van der Waals surface area contributed by atoms with E-state index < -0.39 is 0 Å². The number of likely N-dealkylation sites (tertiary alicyclic amines) is 1. The normalized spacial score (nSPS) is 23.9. The van der Waals surface area contributed by atoms with Gasteiger partial charge < -0.3 is 10.0 Å². The number of aliphatic hydroxyl groups excluding tert-OH is 1. The first-order valence-corrected chi connectivity index (χ1v) is 2.98. The summed E-state index contributed by atoms with van der Waals surface area (Å²) in [6, 6.07) is 0. The number of β-lactam (4-membered cyclic amide) rings is 1. The maximum atomic E-state index is 10.9. The smallest absolute Gasteiger partial charge is 0.231 e. The molecule has 0 aromatic heterocycles. The van der Waals surface area contributed by atoms with Crippen LogP contribution in [-0.4, -0.2) is 29.2 Å². The number of aliphatic hydroxyl groups is 1. The Balaban J connectivity index is 2.52. The van der Waals surface area contributed by atoms with E-state index in [1.807, 2.05) is 13.8 Å². The zero-order valence-electron chi connectivity index (χ0n) is 5.72. The van der Waals surface area contributed by atoms with Crippen LogP contribution in [0.4, 0.5) is 0 Å². The topological polar surface area (TPSA) is 40.5 Å². The number of hydrogen-bond acceptors (Lipinski definition) is 2. The maximum Gasteiger partial charge on any atom is 0.231 e. The molecule has 1 amide bonds. The van der Waals surface area contributed by atoms with E-state index in [1.165, 1.54) is 4.90 Å². The number of hydrogen-bond donors (Lipinski definition) is 1. The molecule has 3 heteroatoms. The number of amides is 1. The van der Waals surface area contributed by atoms with Crippen molar-refractivity contribution >= 4 is 5.91 Å². The molecule has 1 aliphatic rings. The summed E-state index contributed by atoms with van der Waals surface area (Å²) < 4.78 is 0. The van der Waals surface area contributed by atoms with Crippen LogP contribution in [-0.2, 0) is 4.79 Å². The van der Waals surface area contributed by atoms with E-state index in [2.05, 4.69) is 0 Å². The Kier molecular flexibility index (Phi) is 1.24. The summed E-state index contributed by atoms with van der Waals surface area (Å²) in [7, 11) is 0. The molecule has 0 aliphatic carbocycles. The molecule has 3 nitrogen and oxygen atoms in total. The molecule has 1 rings (SSSR count). The molecular weight excluding hydrogens is 118 g/mol. The lowest BCUT2D eigenvalue weighted by molar-refractivity contribution is -0.162. The fourth-order valence-corrected chi connectivity index (χ4v) is 1.07. The van der Waals surface area contributed by atoms with Gasteiger partial charge in [-0.3, -0.25) is 4.79 Å². The first-order chi connectivity index (χ1) is 4.08. The van der Waals surface area contributed by atoms with Crippen molar-refractivity contribution < 1.29 is 9.90 Å². The minimum absolute atomic E-state index is 0.0463. The van der Waals surface area contributed by atoms with E-state index in [9.17, 15) is 4.79 Å². The Morgan fingerprint density at radius 3 is 2.44 bits per heavy atom. The molecule has 52 valence electrons. The maximum absolute atomic E-state index is 10.9. The largest absolute Gasteiger partial charge is 0.376 e. The van der Waals surface area contributed by atoms with Gasteiger partial charge in [0.25, 0.3) is 0 Å². The van der Waals surface area contributed by atoms with Gasteiger partial charge in [-0.2, -0.15) is 0 Å². The quantitative estimate of drug-likeness (QED) is 0.498. The SMILES string of the molecule is CC1(C)CN(CO)C1=O. The predicted molar refractivity (Wildman–Crippen MR) is 32.6 cm³/mol. The molecule has 9 heavy (non-hydrogen) atoms. The van der Waals surface area contributed by atoms with Crippen LogP contribution in [0.3, 0.4) is 0 Å². The Hall–Kier alpha value is -0.570. The van der Waals surface area contributed by atoms with Crippen molar-refractivity contribution in [3.8, 4) is 0 Å². The van der Waals surface area contributed by atoms with Gasteiger partial charge in [0.1, 0.15) is 6.73 Å². The Bertz CT molecular complexity index is 142. The third-order valence-electron chi connectivity index (χ3n) is 1.62. The van der Waals surface area contributed by atoms with Crippen LogP contribution in [0.5, 0.6) is 0 Å². The standard InChI is InChI=1S/C6H11NO2/c1-6(2)3-7(4-8)5(6)9/h8H,3-4H2,1-2H3. The van der Waals surface area contributed by atoms with Crippen LogP contribution < -0.4 is 0 Å². The first-order valence-electron chi connectivity index (χ1n) is 2.98. The van der Waals surface area contributed by atoms with Crippen molar-refractivity contribution in [1.29, 1.82) is 0 Å². The van der Waals surface area contributed by atoms with Crippen molar-refractivity contribution in [1.82, 2.24) is 4.90 Å². The second-order valence-corrected chi connectivity index (χ2v) is 3.03. The van der Waals surface area contributed by atoms with E-state index in [0.717, 1.165) is 0 Å². The van der Waals surface area contributed by atoms with Crippen molar-refractivity contribution in [2.24, 2.45) is 5.41 Å². The molecule has 0 atom stereocenters. The van der Waals surface area contributed by atoms with Gasteiger partial charge in [0.2, 0.25) is 5.91 Å².